The van der Waals surface area contributed by atoms with Crippen LogP contribution in [-0.4, -0.2) is 36.1 Å². The van der Waals surface area contributed by atoms with Crippen molar-refractivity contribution in [2.45, 2.75) is 102 Å². The number of piperidine rings is 1. The van der Waals surface area contributed by atoms with E-state index in [1.807, 2.05) is 0 Å². The molecule has 2 saturated carbocycles. The molecule has 2 bridgehead atoms. The maximum absolute atomic E-state index is 13.3. The molecule has 142 valence electrons. The molecule has 0 aromatic heterocycles. The zero-order chi connectivity index (χ0) is 17.4. The summed E-state index contributed by atoms with van der Waals surface area (Å²) in [6.07, 6.45) is 15.3. The number of esters is 1. The van der Waals surface area contributed by atoms with Crippen LogP contribution in [-0.2, 0) is 9.53 Å². The molecule has 25 heavy (non-hydrogen) atoms. The van der Waals surface area contributed by atoms with Crippen LogP contribution in [0.25, 0.3) is 0 Å². The van der Waals surface area contributed by atoms with Crippen molar-refractivity contribution in [3.63, 3.8) is 0 Å². The van der Waals surface area contributed by atoms with Gasteiger partial charge in [-0.2, -0.15) is 0 Å². The van der Waals surface area contributed by atoms with Gasteiger partial charge in [0.1, 0.15) is 6.10 Å². The minimum atomic E-state index is 0.143. The molecule has 0 aromatic rings. The first kappa shape index (κ1) is 17.8. The van der Waals surface area contributed by atoms with Gasteiger partial charge in [-0.25, -0.2) is 0 Å². The lowest BCUT2D eigenvalue weighted by molar-refractivity contribution is -0.164. The molecule has 2 saturated heterocycles. The Hall–Kier alpha value is -0.570. The molecule has 3 heteroatoms. The molecule has 2 heterocycles. The van der Waals surface area contributed by atoms with Crippen LogP contribution in [0.5, 0.6) is 0 Å². The van der Waals surface area contributed by atoms with Gasteiger partial charge >= 0.3 is 5.97 Å². The molecule has 0 spiro atoms. The number of carbonyl (C=O) groups excluding carboxylic acids is 1. The van der Waals surface area contributed by atoms with Crippen molar-refractivity contribution in [1.29, 1.82) is 0 Å². The lowest BCUT2D eigenvalue weighted by Crippen LogP contribution is -2.52. The third-order valence-electron chi connectivity index (χ3n) is 8.09. The average Bonchev–Trinajstić information content (AvgIpc) is 2.86. The van der Waals surface area contributed by atoms with Crippen molar-refractivity contribution >= 4 is 5.97 Å². The first-order valence-corrected chi connectivity index (χ1v) is 11.1. The standard InChI is InChI=1S/C22H37NO2/c1-15-8-10-16(11-9-15)19-14-17-12-13-20(23(17)2)21(19)22(24)25-18-6-4-3-5-7-18/h15-21H,3-14H2,1-2H3. The fourth-order valence-electron chi connectivity index (χ4n) is 6.46. The summed E-state index contributed by atoms with van der Waals surface area (Å²) >= 11 is 0. The molecular weight excluding hydrogens is 310 g/mol. The second kappa shape index (κ2) is 7.58. The van der Waals surface area contributed by atoms with Gasteiger partial charge in [0.05, 0.1) is 5.92 Å². The first-order valence-electron chi connectivity index (χ1n) is 11.1. The summed E-state index contributed by atoms with van der Waals surface area (Å²) in [6.45, 7) is 2.39. The zero-order valence-corrected chi connectivity index (χ0v) is 16.3. The average molecular weight is 348 g/mol. The molecule has 3 nitrogen and oxygen atoms in total. The molecule has 2 aliphatic heterocycles. The van der Waals surface area contributed by atoms with Crippen molar-refractivity contribution in [2.24, 2.45) is 23.7 Å². The topological polar surface area (TPSA) is 29.5 Å². The Kier molecular flexibility index (Phi) is 5.41. The fraction of sp³-hybridized carbons (Fsp3) is 0.955. The minimum absolute atomic E-state index is 0.143. The maximum atomic E-state index is 13.3. The molecule has 4 rings (SSSR count). The van der Waals surface area contributed by atoms with Gasteiger partial charge in [0.25, 0.3) is 0 Å². The fourth-order valence-corrected chi connectivity index (χ4v) is 6.46. The van der Waals surface area contributed by atoms with Crippen molar-refractivity contribution in [3.8, 4) is 0 Å². The van der Waals surface area contributed by atoms with E-state index in [-0.39, 0.29) is 18.0 Å². The van der Waals surface area contributed by atoms with E-state index in [2.05, 4.69) is 18.9 Å². The van der Waals surface area contributed by atoms with Gasteiger partial charge < -0.3 is 4.74 Å². The van der Waals surface area contributed by atoms with Crippen molar-refractivity contribution in [3.05, 3.63) is 0 Å². The summed E-state index contributed by atoms with van der Waals surface area (Å²) < 4.78 is 6.11. The summed E-state index contributed by atoms with van der Waals surface area (Å²) in [5.41, 5.74) is 0. The number of hydrogen-bond donors (Lipinski definition) is 0. The number of ether oxygens (including phenoxy) is 1. The van der Waals surface area contributed by atoms with Crippen LogP contribution in [0, 0.1) is 23.7 Å². The summed E-state index contributed by atoms with van der Waals surface area (Å²) in [7, 11) is 2.25. The van der Waals surface area contributed by atoms with E-state index in [0.717, 1.165) is 24.7 Å². The summed E-state index contributed by atoms with van der Waals surface area (Å²) in [6, 6.07) is 1.16. The third-order valence-corrected chi connectivity index (χ3v) is 8.09. The van der Waals surface area contributed by atoms with Crippen molar-refractivity contribution < 1.29 is 9.53 Å². The first-order chi connectivity index (χ1) is 12.1. The van der Waals surface area contributed by atoms with Crippen LogP contribution in [0.15, 0.2) is 0 Å². The van der Waals surface area contributed by atoms with Crippen molar-refractivity contribution in [1.82, 2.24) is 4.90 Å². The number of rotatable bonds is 3. The molecule has 0 amide bonds. The summed E-state index contributed by atoms with van der Waals surface area (Å²) in [4.78, 5) is 15.8. The molecule has 0 N–H and O–H groups in total. The van der Waals surface area contributed by atoms with E-state index >= 15 is 0 Å². The van der Waals surface area contributed by atoms with Gasteiger partial charge in [-0.3, -0.25) is 9.69 Å². The van der Waals surface area contributed by atoms with Crippen LogP contribution < -0.4 is 0 Å². The number of nitrogens with zero attached hydrogens (tertiary/aromatic N) is 1. The Labute approximate surface area is 153 Å². The van der Waals surface area contributed by atoms with Crippen LogP contribution in [0.1, 0.15) is 84.0 Å². The van der Waals surface area contributed by atoms with E-state index in [1.165, 1.54) is 64.2 Å². The zero-order valence-electron chi connectivity index (χ0n) is 16.3. The maximum Gasteiger partial charge on any atom is 0.311 e. The second-order valence-corrected chi connectivity index (χ2v) is 9.61. The van der Waals surface area contributed by atoms with E-state index in [1.54, 1.807) is 0 Å². The largest absolute Gasteiger partial charge is 0.462 e. The van der Waals surface area contributed by atoms with Gasteiger partial charge in [-0.15, -0.1) is 0 Å². The lowest BCUT2D eigenvalue weighted by Gasteiger charge is -2.46. The van der Waals surface area contributed by atoms with E-state index in [4.69, 9.17) is 4.74 Å². The van der Waals surface area contributed by atoms with Gasteiger partial charge in [0.15, 0.2) is 0 Å². The predicted octanol–water partition coefficient (Wildman–Crippen LogP) is 4.79. The number of fused-ring (bicyclic) bond motifs is 2. The highest BCUT2D eigenvalue weighted by atomic mass is 16.5. The molecule has 0 aromatic carbocycles. The summed E-state index contributed by atoms with van der Waals surface area (Å²) in [5, 5.41) is 0. The Balaban J connectivity index is 1.48. The Morgan fingerprint density at radius 2 is 1.64 bits per heavy atom. The highest BCUT2D eigenvalue weighted by Gasteiger charge is 2.51. The molecule has 4 unspecified atom stereocenters. The second-order valence-electron chi connectivity index (χ2n) is 9.61. The van der Waals surface area contributed by atoms with Crippen LogP contribution >= 0.6 is 0 Å². The predicted molar refractivity (Wildman–Crippen MR) is 100 cm³/mol. The Morgan fingerprint density at radius 1 is 0.920 bits per heavy atom. The van der Waals surface area contributed by atoms with Crippen LogP contribution in [0.2, 0.25) is 0 Å². The van der Waals surface area contributed by atoms with Gasteiger partial charge in [-0.05, 0) is 82.6 Å². The van der Waals surface area contributed by atoms with Gasteiger partial charge in [-0.1, -0.05) is 26.2 Å². The molecule has 4 atom stereocenters. The third kappa shape index (κ3) is 3.63. The van der Waals surface area contributed by atoms with E-state index in [0.29, 0.717) is 18.0 Å². The smallest absolute Gasteiger partial charge is 0.311 e. The van der Waals surface area contributed by atoms with Crippen molar-refractivity contribution in [2.75, 3.05) is 7.05 Å². The highest BCUT2D eigenvalue weighted by Crippen LogP contribution is 2.48. The molecular formula is C22H37NO2. The van der Waals surface area contributed by atoms with Gasteiger partial charge in [0.2, 0.25) is 0 Å². The molecule has 4 fully saturated rings. The lowest BCUT2D eigenvalue weighted by atomic mass is 9.67. The SMILES string of the molecule is CC1CCC(C2CC3CCC(C2C(=O)OC2CCCCC2)N3C)CC1. The van der Waals surface area contributed by atoms with Gasteiger partial charge in [0, 0.05) is 12.1 Å². The quantitative estimate of drug-likeness (QED) is 0.688. The number of carbonyl (C=O) groups is 1. The van der Waals surface area contributed by atoms with Crippen LogP contribution in [0.4, 0.5) is 0 Å². The number of hydrogen-bond acceptors (Lipinski definition) is 3. The Bertz CT molecular complexity index is 465. The molecule has 2 aliphatic carbocycles. The Morgan fingerprint density at radius 3 is 2.36 bits per heavy atom. The normalized spacial score (nSPS) is 43.1. The minimum Gasteiger partial charge on any atom is -0.462 e. The van der Waals surface area contributed by atoms with Crippen LogP contribution in [0.3, 0.4) is 0 Å². The monoisotopic (exact) mass is 347 g/mol. The van der Waals surface area contributed by atoms with E-state index < -0.39 is 0 Å². The molecule has 0 radical (unpaired) electrons. The summed E-state index contributed by atoms with van der Waals surface area (Å²) in [5.74, 6) is 2.53. The van der Waals surface area contributed by atoms with E-state index in [9.17, 15) is 4.79 Å². The highest BCUT2D eigenvalue weighted by molar-refractivity contribution is 5.74. The molecule has 4 aliphatic rings.